The molecule has 0 unspecified atom stereocenters. The van der Waals surface area contributed by atoms with Crippen LogP contribution in [-0.4, -0.2) is 46.4 Å². The number of carbonyl (C=O) groups excluding carboxylic acids is 1. The Balaban J connectivity index is 0.00000264. The van der Waals surface area contributed by atoms with Gasteiger partial charge in [0.25, 0.3) is 5.91 Å². The second-order valence-electron chi connectivity index (χ2n) is 5.72. The SMILES string of the molecule is COCC1(CNC(=O)c2ccc(OC)c(Br)c2)CCNCC1.Cl. The molecule has 5 nitrogen and oxygen atoms in total. The van der Waals surface area contributed by atoms with Crippen LogP contribution in [0.4, 0.5) is 0 Å². The van der Waals surface area contributed by atoms with Crippen molar-refractivity contribution in [2.24, 2.45) is 5.41 Å². The fourth-order valence-corrected chi connectivity index (χ4v) is 3.35. The van der Waals surface area contributed by atoms with Gasteiger partial charge in [-0.1, -0.05) is 0 Å². The van der Waals surface area contributed by atoms with E-state index in [2.05, 4.69) is 26.6 Å². The third-order valence-electron chi connectivity index (χ3n) is 4.15. The van der Waals surface area contributed by atoms with Gasteiger partial charge >= 0.3 is 0 Å². The van der Waals surface area contributed by atoms with Crippen molar-refractivity contribution in [1.82, 2.24) is 10.6 Å². The molecule has 7 heteroatoms. The third-order valence-corrected chi connectivity index (χ3v) is 4.77. The van der Waals surface area contributed by atoms with Crippen LogP contribution >= 0.6 is 28.3 Å². The number of hydrogen-bond acceptors (Lipinski definition) is 4. The summed E-state index contributed by atoms with van der Waals surface area (Å²) >= 11 is 3.41. The van der Waals surface area contributed by atoms with E-state index in [-0.39, 0.29) is 23.7 Å². The van der Waals surface area contributed by atoms with Crippen LogP contribution in [0, 0.1) is 5.41 Å². The van der Waals surface area contributed by atoms with Crippen molar-refractivity contribution >= 4 is 34.2 Å². The monoisotopic (exact) mass is 406 g/mol. The largest absolute Gasteiger partial charge is 0.496 e. The highest BCUT2D eigenvalue weighted by Gasteiger charge is 2.32. The van der Waals surface area contributed by atoms with E-state index in [1.54, 1.807) is 32.4 Å². The predicted molar refractivity (Wildman–Crippen MR) is 96.7 cm³/mol. The summed E-state index contributed by atoms with van der Waals surface area (Å²) in [7, 11) is 3.32. The summed E-state index contributed by atoms with van der Waals surface area (Å²) < 4.78 is 11.3. The fraction of sp³-hybridized carbons (Fsp3) is 0.562. The normalized spacial score (nSPS) is 16.3. The van der Waals surface area contributed by atoms with Crippen LogP contribution in [0.2, 0.25) is 0 Å². The summed E-state index contributed by atoms with van der Waals surface area (Å²) in [6, 6.07) is 5.33. The highest BCUT2D eigenvalue weighted by Crippen LogP contribution is 2.29. The van der Waals surface area contributed by atoms with Crippen molar-refractivity contribution in [2.45, 2.75) is 12.8 Å². The van der Waals surface area contributed by atoms with E-state index < -0.39 is 0 Å². The van der Waals surface area contributed by atoms with Gasteiger partial charge < -0.3 is 20.1 Å². The standard InChI is InChI=1S/C16H23BrN2O3.ClH/c1-21-11-16(5-7-18-8-6-16)10-19-15(20)12-3-4-14(22-2)13(17)9-12;/h3-4,9,18H,5-8,10-11H2,1-2H3,(H,19,20);1H. The van der Waals surface area contributed by atoms with E-state index in [1.165, 1.54) is 0 Å². The molecule has 1 aliphatic rings. The van der Waals surface area contributed by atoms with Crippen molar-refractivity contribution < 1.29 is 14.3 Å². The Morgan fingerprint density at radius 1 is 1.35 bits per heavy atom. The molecule has 1 fully saturated rings. The molecular weight excluding hydrogens is 384 g/mol. The van der Waals surface area contributed by atoms with E-state index in [0.717, 1.165) is 30.4 Å². The van der Waals surface area contributed by atoms with Gasteiger partial charge in [-0.2, -0.15) is 0 Å². The number of piperidine rings is 1. The molecule has 130 valence electrons. The first-order valence-corrected chi connectivity index (χ1v) is 8.21. The molecule has 0 radical (unpaired) electrons. The minimum Gasteiger partial charge on any atom is -0.496 e. The molecule has 0 aromatic heterocycles. The number of rotatable bonds is 6. The topological polar surface area (TPSA) is 59.6 Å². The Morgan fingerprint density at radius 2 is 2.04 bits per heavy atom. The Hall–Kier alpha value is -0.820. The van der Waals surface area contributed by atoms with Crippen molar-refractivity contribution in [3.63, 3.8) is 0 Å². The number of nitrogens with one attached hydrogen (secondary N) is 2. The Morgan fingerprint density at radius 3 is 2.61 bits per heavy atom. The van der Waals surface area contributed by atoms with E-state index in [1.807, 2.05) is 0 Å². The van der Waals surface area contributed by atoms with E-state index in [9.17, 15) is 4.79 Å². The quantitative estimate of drug-likeness (QED) is 0.761. The Labute approximate surface area is 152 Å². The van der Waals surface area contributed by atoms with Gasteiger partial charge in [-0.3, -0.25) is 4.79 Å². The number of benzene rings is 1. The summed E-state index contributed by atoms with van der Waals surface area (Å²) in [4.78, 5) is 12.4. The molecule has 23 heavy (non-hydrogen) atoms. The van der Waals surface area contributed by atoms with Crippen LogP contribution in [0.25, 0.3) is 0 Å². The molecule has 0 saturated carbocycles. The van der Waals surface area contributed by atoms with Crippen LogP contribution in [-0.2, 0) is 4.74 Å². The van der Waals surface area contributed by atoms with Crippen LogP contribution < -0.4 is 15.4 Å². The van der Waals surface area contributed by atoms with Crippen molar-refractivity contribution in [3.05, 3.63) is 28.2 Å². The molecule has 0 bridgehead atoms. The number of hydrogen-bond donors (Lipinski definition) is 2. The number of methoxy groups -OCH3 is 2. The zero-order valence-electron chi connectivity index (χ0n) is 13.5. The van der Waals surface area contributed by atoms with Crippen LogP contribution in [0.5, 0.6) is 5.75 Å². The lowest BCUT2D eigenvalue weighted by Gasteiger charge is -2.37. The van der Waals surface area contributed by atoms with Crippen LogP contribution in [0.15, 0.2) is 22.7 Å². The van der Waals surface area contributed by atoms with Gasteiger partial charge in [0.2, 0.25) is 0 Å². The predicted octanol–water partition coefficient (Wildman–Crippen LogP) is 2.63. The van der Waals surface area contributed by atoms with Crippen LogP contribution in [0.3, 0.4) is 0 Å². The Bertz CT molecular complexity index is 517. The number of ether oxygens (including phenoxy) is 2. The lowest BCUT2D eigenvalue weighted by Crippen LogP contribution is -2.47. The number of halogens is 2. The fourth-order valence-electron chi connectivity index (χ4n) is 2.81. The molecule has 1 aromatic carbocycles. The van der Waals surface area contributed by atoms with Gasteiger partial charge in [-0.15, -0.1) is 12.4 Å². The van der Waals surface area contributed by atoms with Gasteiger partial charge in [0.1, 0.15) is 5.75 Å². The second-order valence-corrected chi connectivity index (χ2v) is 6.57. The first kappa shape index (κ1) is 20.2. The van der Waals surface area contributed by atoms with Crippen molar-refractivity contribution in [3.8, 4) is 5.75 Å². The molecule has 1 aliphatic heterocycles. The smallest absolute Gasteiger partial charge is 0.251 e. The van der Waals surface area contributed by atoms with Gasteiger partial charge in [0.15, 0.2) is 0 Å². The maximum atomic E-state index is 12.4. The summed E-state index contributed by atoms with van der Waals surface area (Å²) in [6.07, 6.45) is 2.01. The second kappa shape index (κ2) is 9.47. The van der Waals surface area contributed by atoms with Gasteiger partial charge in [0.05, 0.1) is 18.2 Å². The average molecular weight is 408 g/mol. The van der Waals surface area contributed by atoms with Gasteiger partial charge in [-0.25, -0.2) is 0 Å². The van der Waals surface area contributed by atoms with Crippen LogP contribution in [0.1, 0.15) is 23.2 Å². The molecule has 1 heterocycles. The molecule has 1 amide bonds. The van der Waals surface area contributed by atoms with E-state index in [4.69, 9.17) is 9.47 Å². The average Bonchev–Trinajstić information content (AvgIpc) is 2.54. The Kier molecular flexibility index (Phi) is 8.33. The molecule has 0 aliphatic carbocycles. The van der Waals surface area contributed by atoms with E-state index in [0.29, 0.717) is 24.5 Å². The zero-order chi connectivity index (χ0) is 16.0. The third kappa shape index (κ3) is 5.35. The molecule has 0 spiro atoms. The summed E-state index contributed by atoms with van der Waals surface area (Å²) in [5.74, 6) is 0.642. The summed E-state index contributed by atoms with van der Waals surface area (Å²) in [5.41, 5.74) is 0.647. The first-order valence-electron chi connectivity index (χ1n) is 7.42. The lowest BCUT2D eigenvalue weighted by molar-refractivity contribution is 0.0511. The lowest BCUT2D eigenvalue weighted by atomic mass is 9.79. The minimum absolute atomic E-state index is 0. The van der Waals surface area contributed by atoms with Crippen molar-refractivity contribution in [1.29, 1.82) is 0 Å². The zero-order valence-corrected chi connectivity index (χ0v) is 15.9. The molecule has 0 atom stereocenters. The molecule has 1 aromatic rings. The minimum atomic E-state index is -0.0719. The highest BCUT2D eigenvalue weighted by atomic mass is 79.9. The van der Waals surface area contributed by atoms with Gasteiger partial charge in [0, 0.05) is 24.6 Å². The van der Waals surface area contributed by atoms with Gasteiger partial charge in [-0.05, 0) is 60.1 Å². The maximum Gasteiger partial charge on any atom is 0.251 e. The molecule has 2 rings (SSSR count). The molecule has 1 saturated heterocycles. The first-order chi connectivity index (χ1) is 10.6. The molecule has 2 N–H and O–H groups in total. The number of carbonyl (C=O) groups is 1. The molecular formula is C16H24BrClN2O3. The van der Waals surface area contributed by atoms with Crippen molar-refractivity contribution in [2.75, 3.05) is 40.5 Å². The highest BCUT2D eigenvalue weighted by molar-refractivity contribution is 9.10. The number of amides is 1. The summed E-state index contributed by atoms with van der Waals surface area (Å²) in [5, 5.41) is 6.40. The maximum absolute atomic E-state index is 12.4. The summed E-state index contributed by atoms with van der Waals surface area (Å²) in [6.45, 7) is 3.23. The van der Waals surface area contributed by atoms with E-state index >= 15 is 0 Å².